The highest BCUT2D eigenvalue weighted by atomic mass is 14.7. The molecule has 0 aromatic heterocycles. The number of hydrogen-bond acceptors (Lipinski definition) is 0. The summed E-state index contributed by atoms with van der Waals surface area (Å²) < 4.78 is 0. The molecule has 11 heavy (non-hydrogen) atoms. The van der Waals surface area contributed by atoms with E-state index >= 15 is 0 Å². The van der Waals surface area contributed by atoms with Crippen LogP contribution in [0, 0.1) is 29.1 Å². The Kier molecular flexibility index (Phi) is 0.717. The van der Waals surface area contributed by atoms with Crippen molar-refractivity contribution in [1.29, 1.82) is 0 Å². The van der Waals surface area contributed by atoms with Crippen LogP contribution in [0.3, 0.4) is 0 Å². The molecule has 0 aromatic carbocycles. The summed E-state index contributed by atoms with van der Waals surface area (Å²) in [6, 6.07) is 0. The third-order valence-electron chi connectivity index (χ3n) is 5.43. The van der Waals surface area contributed by atoms with Gasteiger partial charge in [-0.05, 0) is 67.6 Å². The molecular formula is C11H16. The van der Waals surface area contributed by atoms with Crippen LogP contribution in [-0.4, -0.2) is 0 Å². The van der Waals surface area contributed by atoms with E-state index in [0.29, 0.717) is 0 Å². The normalized spacial score (nSPS) is 69.8. The van der Waals surface area contributed by atoms with Crippen LogP contribution < -0.4 is 0 Å². The third kappa shape index (κ3) is 0.443. The molecule has 3 unspecified atom stereocenters. The average molecular weight is 148 g/mol. The van der Waals surface area contributed by atoms with Crippen LogP contribution in [-0.2, 0) is 0 Å². The van der Waals surface area contributed by atoms with Gasteiger partial charge in [0.05, 0.1) is 0 Å². The van der Waals surface area contributed by atoms with Crippen LogP contribution >= 0.6 is 0 Å². The molecule has 0 N–H and O–H groups in total. The lowest BCUT2D eigenvalue weighted by molar-refractivity contribution is 0.000659. The molecule has 4 saturated carbocycles. The van der Waals surface area contributed by atoms with Gasteiger partial charge in [0.25, 0.3) is 0 Å². The second kappa shape index (κ2) is 1.41. The van der Waals surface area contributed by atoms with Gasteiger partial charge in [0.1, 0.15) is 0 Å². The van der Waals surface area contributed by atoms with Crippen molar-refractivity contribution in [1.82, 2.24) is 0 Å². The fourth-order valence-electron chi connectivity index (χ4n) is 5.27. The lowest BCUT2D eigenvalue weighted by Crippen LogP contribution is -2.41. The van der Waals surface area contributed by atoms with Crippen LogP contribution in [0.25, 0.3) is 0 Å². The first-order chi connectivity index (χ1) is 5.37. The molecule has 0 radical (unpaired) electrons. The maximum absolute atomic E-state index is 1.65. The number of hydrogen-bond donors (Lipinski definition) is 0. The Bertz CT molecular complexity index is 192. The topological polar surface area (TPSA) is 0 Å². The lowest BCUT2D eigenvalue weighted by Gasteiger charge is -2.49. The summed E-state index contributed by atoms with van der Waals surface area (Å²) in [6.45, 7) is 0. The second-order valence-electron chi connectivity index (χ2n) is 5.71. The van der Waals surface area contributed by atoms with Crippen molar-refractivity contribution in [2.24, 2.45) is 29.1 Å². The lowest BCUT2D eigenvalue weighted by atomic mass is 9.56. The summed E-state index contributed by atoms with van der Waals surface area (Å²) in [5.41, 5.74) is 0.966. The van der Waals surface area contributed by atoms with E-state index in [2.05, 4.69) is 0 Å². The molecular weight excluding hydrogens is 132 g/mol. The van der Waals surface area contributed by atoms with Crippen LogP contribution in [0.1, 0.15) is 38.5 Å². The molecule has 4 aliphatic carbocycles. The number of rotatable bonds is 0. The zero-order valence-electron chi connectivity index (χ0n) is 7.05. The summed E-state index contributed by atoms with van der Waals surface area (Å²) in [6.07, 6.45) is 9.82. The van der Waals surface area contributed by atoms with Gasteiger partial charge in [-0.25, -0.2) is 0 Å². The Balaban J connectivity index is 1.89. The summed E-state index contributed by atoms with van der Waals surface area (Å²) in [4.78, 5) is 0. The van der Waals surface area contributed by atoms with Crippen molar-refractivity contribution in [3.05, 3.63) is 0 Å². The Labute approximate surface area is 68.4 Å². The van der Waals surface area contributed by atoms with Crippen molar-refractivity contribution in [3.8, 4) is 0 Å². The van der Waals surface area contributed by atoms with Crippen LogP contribution in [0.4, 0.5) is 0 Å². The van der Waals surface area contributed by atoms with Crippen molar-refractivity contribution in [3.63, 3.8) is 0 Å². The average Bonchev–Trinajstić information content (AvgIpc) is 2.28. The monoisotopic (exact) mass is 148 g/mol. The Morgan fingerprint density at radius 3 is 2.00 bits per heavy atom. The van der Waals surface area contributed by atoms with Gasteiger partial charge in [-0.3, -0.25) is 0 Å². The molecule has 4 rings (SSSR count). The van der Waals surface area contributed by atoms with Gasteiger partial charge < -0.3 is 0 Å². The summed E-state index contributed by atoms with van der Waals surface area (Å²) in [5, 5.41) is 0. The molecule has 0 saturated heterocycles. The van der Waals surface area contributed by atoms with E-state index in [9.17, 15) is 0 Å². The molecule has 0 heteroatoms. The summed E-state index contributed by atoms with van der Waals surface area (Å²) in [5.74, 6) is 4.80. The quantitative estimate of drug-likeness (QED) is 0.495. The Morgan fingerprint density at radius 2 is 1.36 bits per heavy atom. The Morgan fingerprint density at radius 1 is 0.727 bits per heavy atom. The smallest absolute Gasteiger partial charge is 0.0235 e. The maximum atomic E-state index is 1.65. The van der Waals surface area contributed by atoms with E-state index in [4.69, 9.17) is 0 Å². The zero-order valence-corrected chi connectivity index (χ0v) is 7.05. The predicted molar refractivity (Wildman–Crippen MR) is 44.1 cm³/mol. The zero-order chi connectivity index (χ0) is 7.05. The van der Waals surface area contributed by atoms with Gasteiger partial charge in [-0.15, -0.1) is 0 Å². The highest BCUT2D eigenvalue weighted by Crippen LogP contribution is 2.75. The standard InChI is InChI=1S/C11H16/c1-7-2-9-4-10-3-8(1)6-11(9,10)5-7/h7-10H,1-6H2/t7-,8?,9-,10?,11?/m1/s1. The van der Waals surface area contributed by atoms with Gasteiger partial charge in [-0.2, -0.15) is 0 Å². The summed E-state index contributed by atoms with van der Waals surface area (Å²) in [7, 11) is 0. The first-order valence-electron chi connectivity index (χ1n) is 5.37. The molecule has 4 fully saturated rings. The minimum atomic E-state index is 0.966. The SMILES string of the molecule is C1C2C[C@@H]3C[C@@H]4CC1C4(C2)C3. The summed E-state index contributed by atoms with van der Waals surface area (Å²) >= 11 is 0. The van der Waals surface area contributed by atoms with Crippen molar-refractivity contribution in [2.45, 2.75) is 38.5 Å². The first-order valence-corrected chi connectivity index (χ1v) is 5.37. The molecule has 0 aliphatic heterocycles. The van der Waals surface area contributed by atoms with Crippen molar-refractivity contribution < 1.29 is 0 Å². The van der Waals surface area contributed by atoms with Gasteiger partial charge in [0, 0.05) is 0 Å². The van der Waals surface area contributed by atoms with E-state index < -0.39 is 0 Å². The largest absolute Gasteiger partial charge is 0.0475 e. The molecule has 60 valence electrons. The first kappa shape index (κ1) is 5.61. The van der Waals surface area contributed by atoms with Crippen LogP contribution in [0.15, 0.2) is 0 Å². The number of fused-ring (bicyclic) bond motifs is 2. The van der Waals surface area contributed by atoms with Gasteiger partial charge in [0.2, 0.25) is 0 Å². The molecule has 0 amide bonds. The molecule has 3 bridgehead atoms. The molecule has 0 aromatic rings. The molecule has 4 aliphatic rings. The van der Waals surface area contributed by atoms with E-state index in [-0.39, 0.29) is 0 Å². The highest BCUT2D eigenvalue weighted by Gasteiger charge is 2.66. The minimum absolute atomic E-state index is 0.966. The Hall–Kier alpha value is 0. The van der Waals surface area contributed by atoms with Crippen molar-refractivity contribution in [2.75, 3.05) is 0 Å². The predicted octanol–water partition coefficient (Wildman–Crippen LogP) is 2.83. The molecule has 0 nitrogen and oxygen atoms in total. The molecule has 1 spiro atoms. The van der Waals surface area contributed by atoms with Crippen molar-refractivity contribution >= 4 is 0 Å². The highest BCUT2D eigenvalue weighted by molar-refractivity contribution is 5.15. The maximum Gasteiger partial charge on any atom is -0.0235 e. The van der Waals surface area contributed by atoms with E-state index in [0.717, 1.165) is 5.41 Å². The van der Waals surface area contributed by atoms with E-state index in [1.807, 2.05) is 0 Å². The van der Waals surface area contributed by atoms with Crippen LogP contribution in [0.5, 0.6) is 0 Å². The second-order valence-corrected chi connectivity index (χ2v) is 5.71. The van der Waals surface area contributed by atoms with E-state index in [1.54, 1.807) is 38.5 Å². The molecule has 0 heterocycles. The fraction of sp³-hybridized carbons (Fsp3) is 1.00. The minimum Gasteiger partial charge on any atom is -0.0475 e. The molecule has 5 atom stereocenters. The third-order valence-corrected chi connectivity index (χ3v) is 5.43. The van der Waals surface area contributed by atoms with E-state index in [1.165, 1.54) is 23.7 Å². The van der Waals surface area contributed by atoms with Gasteiger partial charge in [-0.1, -0.05) is 0 Å². The fourth-order valence-corrected chi connectivity index (χ4v) is 5.27. The van der Waals surface area contributed by atoms with Gasteiger partial charge >= 0.3 is 0 Å². The van der Waals surface area contributed by atoms with Crippen LogP contribution in [0.2, 0.25) is 0 Å². The van der Waals surface area contributed by atoms with Gasteiger partial charge in [0.15, 0.2) is 0 Å².